The Hall–Kier alpha value is -1.04. The molecule has 0 saturated heterocycles. The number of rotatable bonds is 3. The van der Waals surface area contributed by atoms with E-state index in [0.29, 0.717) is 15.6 Å². The van der Waals surface area contributed by atoms with Crippen LogP contribution in [-0.2, 0) is 10.0 Å². The zero-order valence-corrected chi connectivity index (χ0v) is 11.2. The average Bonchev–Trinajstić information content (AvgIpc) is 2.14. The number of halogens is 2. The molecule has 0 atom stereocenters. The predicted molar refractivity (Wildman–Crippen MR) is 71.7 cm³/mol. The first kappa shape index (κ1) is 14.0. The van der Waals surface area contributed by atoms with Crippen molar-refractivity contribution >= 4 is 45.1 Å². The molecular weight excluding hydrogens is 283 g/mol. The van der Waals surface area contributed by atoms with Crippen LogP contribution in [0.5, 0.6) is 0 Å². The van der Waals surface area contributed by atoms with Gasteiger partial charge in [-0.25, -0.2) is 0 Å². The molecule has 0 unspecified atom stereocenters. The van der Waals surface area contributed by atoms with Gasteiger partial charge in [0.15, 0.2) is 0 Å². The van der Waals surface area contributed by atoms with Crippen LogP contribution in [0.1, 0.15) is 12.5 Å². The van der Waals surface area contributed by atoms with Crippen molar-refractivity contribution in [3.63, 3.8) is 0 Å². The highest BCUT2D eigenvalue weighted by Gasteiger charge is 2.03. The van der Waals surface area contributed by atoms with E-state index >= 15 is 0 Å². The van der Waals surface area contributed by atoms with E-state index in [1.165, 1.54) is 19.1 Å². The molecule has 0 aliphatic heterocycles. The first-order chi connectivity index (χ1) is 7.80. The first-order valence-electron chi connectivity index (χ1n) is 4.50. The zero-order valence-electron chi connectivity index (χ0n) is 8.89. The highest BCUT2D eigenvalue weighted by Crippen LogP contribution is 2.22. The average molecular weight is 293 g/mol. The fourth-order valence-corrected chi connectivity index (χ4v) is 2.28. The zero-order chi connectivity index (χ0) is 13.1. The van der Waals surface area contributed by atoms with E-state index in [-0.39, 0.29) is 5.84 Å². The fourth-order valence-electron chi connectivity index (χ4n) is 1.03. The van der Waals surface area contributed by atoms with Crippen LogP contribution in [0.15, 0.2) is 28.0 Å². The van der Waals surface area contributed by atoms with E-state index in [1.807, 2.05) is 0 Å². The second-order valence-corrected chi connectivity index (χ2v) is 5.54. The summed E-state index contributed by atoms with van der Waals surface area (Å²) >= 11 is 11.6. The van der Waals surface area contributed by atoms with E-state index in [1.54, 1.807) is 12.1 Å². The van der Waals surface area contributed by atoms with Crippen molar-refractivity contribution in [2.24, 2.45) is 10.1 Å². The second kappa shape index (κ2) is 5.53. The third kappa shape index (κ3) is 4.77. The highest BCUT2D eigenvalue weighted by molar-refractivity contribution is 7.93. The van der Waals surface area contributed by atoms with Gasteiger partial charge in [-0.1, -0.05) is 29.3 Å². The largest absolute Gasteiger partial charge is 0.387 e. The lowest BCUT2D eigenvalue weighted by Crippen LogP contribution is -2.08. The summed E-state index contributed by atoms with van der Waals surface area (Å²) in [7, 11) is -3.72. The van der Waals surface area contributed by atoms with Gasteiger partial charge in [-0.05, 0) is 30.7 Å². The maximum Gasteiger partial charge on any atom is 0.277 e. The van der Waals surface area contributed by atoms with Gasteiger partial charge in [-0.3, -0.25) is 0 Å². The summed E-state index contributed by atoms with van der Waals surface area (Å²) in [6.07, 6.45) is 1.33. The smallest absolute Gasteiger partial charge is 0.277 e. The summed E-state index contributed by atoms with van der Waals surface area (Å²) in [5.74, 6) is -0.0307. The summed E-state index contributed by atoms with van der Waals surface area (Å²) in [6.45, 7) is 1.39. The molecule has 0 aliphatic carbocycles. The summed E-state index contributed by atoms with van der Waals surface area (Å²) < 4.78 is 26.0. The van der Waals surface area contributed by atoms with Gasteiger partial charge in [0.25, 0.3) is 10.0 Å². The Morgan fingerprint density at radius 2 is 2.06 bits per heavy atom. The predicted octanol–water partition coefficient (Wildman–Crippen LogP) is 2.67. The maximum absolute atomic E-state index is 11.4. The minimum Gasteiger partial charge on any atom is -0.387 e. The van der Waals surface area contributed by atoms with E-state index in [4.69, 9.17) is 28.9 Å². The van der Waals surface area contributed by atoms with E-state index < -0.39 is 10.0 Å². The molecule has 7 heteroatoms. The van der Waals surface area contributed by atoms with Crippen LogP contribution in [0, 0.1) is 0 Å². The van der Waals surface area contributed by atoms with Crippen LogP contribution in [0.25, 0.3) is 6.08 Å². The SMILES string of the molecule is C/C(N)=N/S(=O)(=O)/C=C/c1ccc(Cl)cc1Cl. The van der Waals surface area contributed by atoms with Gasteiger partial charge in [-0.15, -0.1) is 4.40 Å². The van der Waals surface area contributed by atoms with Crippen molar-refractivity contribution in [3.8, 4) is 0 Å². The Morgan fingerprint density at radius 1 is 1.41 bits per heavy atom. The molecule has 92 valence electrons. The van der Waals surface area contributed by atoms with Crippen LogP contribution in [0.2, 0.25) is 10.0 Å². The third-order valence-corrected chi connectivity index (χ3v) is 3.24. The van der Waals surface area contributed by atoms with Crippen LogP contribution in [0.3, 0.4) is 0 Å². The molecule has 0 amide bonds. The topological polar surface area (TPSA) is 72.5 Å². The third-order valence-electron chi connectivity index (χ3n) is 1.65. The monoisotopic (exact) mass is 292 g/mol. The lowest BCUT2D eigenvalue weighted by atomic mass is 10.2. The van der Waals surface area contributed by atoms with Crippen molar-refractivity contribution < 1.29 is 8.42 Å². The number of hydrogen-bond donors (Lipinski definition) is 1. The van der Waals surface area contributed by atoms with Gasteiger partial charge in [0.2, 0.25) is 0 Å². The van der Waals surface area contributed by atoms with Crippen molar-refractivity contribution in [1.29, 1.82) is 0 Å². The fraction of sp³-hybridized carbons (Fsp3) is 0.100. The number of sulfonamides is 1. The number of nitrogens with two attached hydrogens (primary N) is 1. The minimum absolute atomic E-state index is 0.0307. The van der Waals surface area contributed by atoms with Gasteiger partial charge in [-0.2, -0.15) is 8.42 Å². The van der Waals surface area contributed by atoms with Crippen molar-refractivity contribution in [3.05, 3.63) is 39.2 Å². The summed E-state index contributed by atoms with van der Waals surface area (Å²) in [5, 5.41) is 1.77. The molecule has 0 spiro atoms. The molecule has 0 fully saturated rings. The standard InChI is InChI=1S/C10H10Cl2N2O2S/c1-7(13)14-17(15,16)5-4-8-2-3-9(11)6-10(8)12/h2-6H,1H3,(H2,13,14)/b5-4+. The van der Waals surface area contributed by atoms with Crippen molar-refractivity contribution in [1.82, 2.24) is 0 Å². The molecule has 0 bridgehead atoms. The van der Waals surface area contributed by atoms with Gasteiger partial charge in [0, 0.05) is 10.0 Å². The Labute approximate surface area is 110 Å². The highest BCUT2D eigenvalue weighted by atomic mass is 35.5. The Balaban J connectivity index is 3.03. The van der Waals surface area contributed by atoms with E-state index in [9.17, 15) is 8.42 Å². The molecule has 17 heavy (non-hydrogen) atoms. The Morgan fingerprint density at radius 3 is 2.59 bits per heavy atom. The minimum atomic E-state index is -3.72. The molecule has 1 rings (SSSR count). The molecular formula is C10H10Cl2N2O2S. The Bertz CT molecular complexity index is 576. The van der Waals surface area contributed by atoms with E-state index in [2.05, 4.69) is 4.40 Å². The summed E-state index contributed by atoms with van der Waals surface area (Å²) in [4.78, 5) is 0. The molecule has 2 N–H and O–H groups in total. The number of amidine groups is 1. The maximum atomic E-state index is 11.4. The molecule has 0 saturated carbocycles. The van der Waals surface area contributed by atoms with Gasteiger partial charge >= 0.3 is 0 Å². The Kier molecular flexibility index (Phi) is 4.56. The molecule has 0 aromatic heterocycles. The molecule has 0 aliphatic rings. The van der Waals surface area contributed by atoms with Gasteiger partial charge < -0.3 is 5.73 Å². The number of nitrogens with zero attached hydrogens (tertiary/aromatic N) is 1. The lowest BCUT2D eigenvalue weighted by Gasteiger charge is -1.98. The van der Waals surface area contributed by atoms with Crippen LogP contribution in [-0.4, -0.2) is 14.3 Å². The van der Waals surface area contributed by atoms with Gasteiger partial charge in [0.05, 0.1) is 5.41 Å². The van der Waals surface area contributed by atoms with Crippen LogP contribution >= 0.6 is 23.2 Å². The number of benzene rings is 1. The molecule has 1 aromatic carbocycles. The normalized spacial score (nSPS) is 13.2. The second-order valence-electron chi connectivity index (χ2n) is 3.22. The van der Waals surface area contributed by atoms with Crippen LogP contribution in [0.4, 0.5) is 0 Å². The summed E-state index contributed by atoms with van der Waals surface area (Å²) in [6, 6.07) is 4.74. The van der Waals surface area contributed by atoms with Gasteiger partial charge in [0.1, 0.15) is 5.84 Å². The quantitative estimate of drug-likeness (QED) is 0.688. The molecule has 0 radical (unpaired) electrons. The van der Waals surface area contributed by atoms with Crippen LogP contribution < -0.4 is 5.73 Å². The van der Waals surface area contributed by atoms with Crippen molar-refractivity contribution in [2.45, 2.75) is 6.92 Å². The molecule has 0 heterocycles. The van der Waals surface area contributed by atoms with E-state index in [0.717, 1.165) is 5.41 Å². The van der Waals surface area contributed by atoms with Crippen molar-refractivity contribution in [2.75, 3.05) is 0 Å². The molecule has 1 aromatic rings. The number of hydrogen-bond acceptors (Lipinski definition) is 2. The molecule has 4 nitrogen and oxygen atoms in total. The first-order valence-corrected chi connectivity index (χ1v) is 6.76. The summed E-state index contributed by atoms with van der Waals surface area (Å²) in [5.41, 5.74) is 5.72. The lowest BCUT2D eigenvalue weighted by molar-refractivity contribution is 0.606.